The van der Waals surface area contributed by atoms with Gasteiger partial charge >= 0.3 is 0 Å². The second kappa shape index (κ2) is 6.68. The normalized spacial score (nSPS) is 17.2. The van der Waals surface area contributed by atoms with Gasteiger partial charge < -0.3 is 15.1 Å². The van der Waals surface area contributed by atoms with Crippen molar-refractivity contribution in [3.8, 4) is 0 Å². The van der Waals surface area contributed by atoms with E-state index in [1.165, 1.54) is 0 Å². The second-order valence-corrected chi connectivity index (χ2v) is 5.47. The summed E-state index contributed by atoms with van der Waals surface area (Å²) in [6, 6.07) is 0. The van der Waals surface area contributed by atoms with Gasteiger partial charge in [0.1, 0.15) is 12.3 Å². The number of thioether (sulfide) groups is 1. The lowest BCUT2D eigenvalue weighted by Crippen LogP contribution is -2.42. The molecule has 0 bridgehead atoms. The molecule has 1 fully saturated rings. The maximum atomic E-state index is 5.97. The quantitative estimate of drug-likeness (QED) is 0.662. The maximum absolute atomic E-state index is 5.97. The SMILES string of the molecule is CCCc1ncc(CN=C(N)N2CCSCC2)o1. The molecule has 0 spiro atoms. The van der Waals surface area contributed by atoms with Crippen molar-refractivity contribution < 1.29 is 4.42 Å². The lowest BCUT2D eigenvalue weighted by molar-refractivity contribution is 0.442. The number of aromatic nitrogens is 1. The van der Waals surface area contributed by atoms with Gasteiger partial charge in [-0.25, -0.2) is 9.98 Å². The van der Waals surface area contributed by atoms with E-state index in [2.05, 4.69) is 21.8 Å². The number of aliphatic imine (C=N–C) groups is 1. The van der Waals surface area contributed by atoms with Crippen LogP contribution < -0.4 is 5.73 Å². The molecule has 0 saturated carbocycles. The molecule has 0 radical (unpaired) electrons. The zero-order valence-corrected chi connectivity index (χ0v) is 11.6. The van der Waals surface area contributed by atoms with Gasteiger partial charge in [0.2, 0.25) is 0 Å². The van der Waals surface area contributed by atoms with Crippen LogP contribution in [0.3, 0.4) is 0 Å². The van der Waals surface area contributed by atoms with Gasteiger partial charge in [-0.05, 0) is 6.42 Å². The van der Waals surface area contributed by atoms with E-state index >= 15 is 0 Å². The molecule has 0 unspecified atom stereocenters. The minimum atomic E-state index is 0.478. The Bertz CT molecular complexity index is 399. The van der Waals surface area contributed by atoms with Gasteiger partial charge in [-0.1, -0.05) is 6.92 Å². The van der Waals surface area contributed by atoms with Crippen molar-refractivity contribution in [3.63, 3.8) is 0 Å². The summed E-state index contributed by atoms with van der Waals surface area (Å²) >= 11 is 1.96. The Morgan fingerprint density at radius 1 is 1.56 bits per heavy atom. The fraction of sp³-hybridized carbons (Fsp3) is 0.667. The molecule has 2 N–H and O–H groups in total. The highest BCUT2D eigenvalue weighted by Crippen LogP contribution is 2.10. The van der Waals surface area contributed by atoms with Crippen LogP contribution in [0, 0.1) is 0 Å². The van der Waals surface area contributed by atoms with Crippen LogP contribution in [-0.2, 0) is 13.0 Å². The number of nitrogens with two attached hydrogens (primary N) is 1. The van der Waals surface area contributed by atoms with Gasteiger partial charge in [-0.2, -0.15) is 11.8 Å². The molecule has 1 aromatic rings. The molecule has 2 rings (SSSR count). The molecule has 0 aromatic carbocycles. The number of hydrogen-bond donors (Lipinski definition) is 1. The van der Waals surface area contributed by atoms with E-state index in [1.807, 2.05) is 11.8 Å². The van der Waals surface area contributed by atoms with E-state index < -0.39 is 0 Å². The summed E-state index contributed by atoms with van der Waals surface area (Å²) in [5.74, 6) is 4.44. The molecule has 1 saturated heterocycles. The maximum Gasteiger partial charge on any atom is 0.194 e. The Hall–Kier alpha value is -1.17. The van der Waals surface area contributed by atoms with E-state index in [0.29, 0.717) is 12.5 Å². The average molecular weight is 268 g/mol. The molecular formula is C12H20N4OS. The van der Waals surface area contributed by atoms with Crippen LogP contribution in [0.25, 0.3) is 0 Å². The molecule has 100 valence electrons. The van der Waals surface area contributed by atoms with E-state index in [-0.39, 0.29) is 0 Å². The van der Waals surface area contributed by atoms with Crippen LogP contribution in [0.15, 0.2) is 15.6 Å². The Morgan fingerprint density at radius 3 is 3.06 bits per heavy atom. The number of aryl methyl sites for hydroxylation is 1. The fourth-order valence-corrected chi connectivity index (χ4v) is 2.71. The van der Waals surface area contributed by atoms with Crippen molar-refractivity contribution in [3.05, 3.63) is 17.8 Å². The first kappa shape index (κ1) is 13.3. The largest absolute Gasteiger partial charge is 0.444 e. The van der Waals surface area contributed by atoms with Crippen LogP contribution in [0.1, 0.15) is 25.0 Å². The van der Waals surface area contributed by atoms with Crippen molar-refractivity contribution in [2.24, 2.45) is 10.7 Å². The van der Waals surface area contributed by atoms with E-state index in [1.54, 1.807) is 6.20 Å². The summed E-state index contributed by atoms with van der Waals surface area (Å²) in [5, 5.41) is 0. The molecule has 5 nitrogen and oxygen atoms in total. The van der Waals surface area contributed by atoms with Crippen molar-refractivity contribution in [2.45, 2.75) is 26.3 Å². The minimum Gasteiger partial charge on any atom is -0.444 e. The van der Waals surface area contributed by atoms with Gasteiger partial charge in [-0.3, -0.25) is 0 Å². The smallest absolute Gasteiger partial charge is 0.194 e. The highest BCUT2D eigenvalue weighted by Gasteiger charge is 2.12. The summed E-state index contributed by atoms with van der Waals surface area (Å²) in [6.45, 7) is 4.55. The van der Waals surface area contributed by atoms with Crippen LogP contribution in [0.2, 0.25) is 0 Å². The monoisotopic (exact) mass is 268 g/mol. The Labute approximate surface area is 112 Å². The summed E-state index contributed by atoms with van der Waals surface area (Å²) in [5.41, 5.74) is 5.97. The topological polar surface area (TPSA) is 67.7 Å². The van der Waals surface area contributed by atoms with Crippen molar-refractivity contribution in [1.29, 1.82) is 0 Å². The van der Waals surface area contributed by atoms with Crippen LogP contribution in [0.4, 0.5) is 0 Å². The van der Waals surface area contributed by atoms with Crippen LogP contribution in [-0.4, -0.2) is 40.4 Å². The first-order valence-electron chi connectivity index (χ1n) is 6.35. The van der Waals surface area contributed by atoms with E-state index in [0.717, 1.165) is 49.1 Å². The molecule has 0 amide bonds. The number of nitrogens with zero attached hydrogens (tertiary/aromatic N) is 3. The number of rotatable bonds is 4. The fourth-order valence-electron chi connectivity index (χ4n) is 1.80. The summed E-state index contributed by atoms with van der Waals surface area (Å²) in [6.07, 6.45) is 3.66. The standard InChI is InChI=1S/C12H20N4OS/c1-2-3-11-14-8-10(17-11)9-15-12(13)16-4-6-18-7-5-16/h8H,2-7,9H2,1H3,(H2,13,15). The first-order chi connectivity index (χ1) is 8.79. The van der Waals surface area contributed by atoms with Crippen LogP contribution >= 0.6 is 11.8 Å². The summed E-state index contributed by atoms with van der Waals surface area (Å²) in [7, 11) is 0. The molecule has 1 aliphatic heterocycles. The highest BCUT2D eigenvalue weighted by atomic mass is 32.2. The predicted octanol–water partition coefficient (Wildman–Crippen LogP) is 1.49. The van der Waals surface area contributed by atoms with Gasteiger partial charge in [0.25, 0.3) is 0 Å². The molecule has 0 aliphatic carbocycles. The first-order valence-corrected chi connectivity index (χ1v) is 7.51. The lowest BCUT2D eigenvalue weighted by Gasteiger charge is -2.27. The number of hydrogen-bond acceptors (Lipinski definition) is 4. The zero-order chi connectivity index (χ0) is 12.8. The van der Waals surface area contributed by atoms with E-state index in [9.17, 15) is 0 Å². The summed E-state index contributed by atoms with van der Waals surface area (Å²) in [4.78, 5) is 10.7. The average Bonchev–Trinajstić information content (AvgIpc) is 2.85. The van der Waals surface area contributed by atoms with Crippen molar-refractivity contribution >= 4 is 17.7 Å². The Kier molecular flexibility index (Phi) is 4.92. The van der Waals surface area contributed by atoms with Gasteiger partial charge in [0.05, 0.1) is 6.20 Å². The molecule has 1 aliphatic rings. The zero-order valence-electron chi connectivity index (χ0n) is 10.8. The lowest BCUT2D eigenvalue weighted by atomic mass is 10.3. The van der Waals surface area contributed by atoms with Gasteiger partial charge in [0, 0.05) is 31.0 Å². The second-order valence-electron chi connectivity index (χ2n) is 4.24. The molecule has 18 heavy (non-hydrogen) atoms. The molecule has 1 aromatic heterocycles. The predicted molar refractivity (Wildman–Crippen MR) is 74.7 cm³/mol. The Balaban J connectivity index is 1.87. The molecule has 6 heteroatoms. The van der Waals surface area contributed by atoms with E-state index in [4.69, 9.17) is 10.2 Å². The number of guanidine groups is 1. The highest BCUT2D eigenvalue weighted by molar-refractivity contribution is 7.99. The molecule has 0 atom stereocenters. The third kappa shape index (κ3) is 3.66. The van der Waals surface area contributed by atoms with Crippen molar-refractivity contribution in [2.75, 3.05) is 24.6 Å². The van der Waals surface area contributed by atoms with Crippen LogP contribution in [0.5, 0.6) is 0 Å². The minimum absolute atomic E-state index is 0.478. The molecule has 2 heterocycles. The number of oxazole rings is 1. The van der Waals surface area contributed by atoms with Gasteiger partial charge in [-0.15, -0.1) is 0 Å². The third-order valence-corrected chi connectivity index (χ3v) is 3.74. The third-order valence-electron chi connectivity index (χ3n) is 2.80. The molecular weight excluding hydrogens is 248 g/mol. The van der Waals surface area contributed by atoms with Gasteiger partial charge in [0.15, 0.2) is 11.9 Å². The van der Waals surface area contributed by atoms with Crippen molar-refractivity contribution in [1.82, 2.24) is 9.88 Å². The Morgan fingerprint density at radius 2 is 2.33 bits per heavy atom. The summed E-state index contributed by atoms with van der Waals surface area (Å²) < 4.78 is 5.57.